The molecule has 0 saturated carbocycles. The summed E-state index contributed by atoms with van der Waals surface area (Å²) in [4.78, 5) is 17.5. The van der Waals surface area contributed by atoms with Gasteiger partial charge < -0.3 is 14.8 Å². The lowest BCUT2D eigenvalue weighted by atomic mass is 10.0. The normalized spacial score (nSPS) is 11.7. The van der Waals surface area contributed by atoms with Gasteiger partial charge in [0.1, 0.15) is 0 Å². The minimum atomic E-state index is -0.354. The molecule has 0 fully saturated rings. The van der Waals surface area contributed by atoms with Gasteiger partial charge in [0.05, 0.1) is 25.5 Å². The maximum atomic E-state index is 13.0. The van der Waals surface area contributed by atoms with Gasteiger partial charge in [-0.3, -0.25) is 9.78 Å². The third-order valence-electron chi connectivity index (χ3n) is 4.77. The quantitative estimate of drug-likeness (QED) is 0.543. The van der Waals surface area contributed by atoms with Crippen LogP contribution in [0.4, 0.5) is 0 Å². The Bertz CT molecular complexity index is 904. The zero-order chi connectivity index (χ0) is 21.3. The highest BCUT2D eigenvalue weighted by molar-refractivity contribution is 5.95. The molecular formula is C25H28N2O3. The molecule has 3 aromatic rings. The molecule has 0 bridgehead atoms. The summed E-state index contributed by atoms with van der Waals surface area (Å²) in [6.45, 7) is 4.91. The number of ether oxygens (including phenoxy) is 2. The van der Waals surface area contributed by atoms with Crippen LogP contribution in [0.2, 0.25) is 0 Å². The second-order valence-corrected chi connectivity index (χ2v) is 7.47. The number of rotatable bonds is 9. The molecule has 3 rings (SSSR count). The number of nitrogens with one attached hydrogen (secondary N) is 1. The van der Waals surface area contributed by atoms with Crippen molar-refractivity contribution < 1.29 is 14.3 Å². The van der Waals surface area contributed by atoms with Gasteiger partial charge >= 0.3 is 0 Å². The maximum absolute atomic E-state index is 13.0. The van der Waals surface area contributed by atoms with Crippen LogP contribution in [0.25, 0.3) is 0 Å². The third-order valence-corrected chi connectivity index (χ3v) is 4.77. The van der Waals surface area contributed by atoms with E-state index in [9.17, 15) is 4.79 Å². The fourth-order valence-corrected chi connectivity index (χ4v) is 3.07. The van der Waals surface area contributed by atoms with Crippen LogP contribution in [0.5, 0.6) is 11.5 Å². The van der Waals surface area contributed by atoms with Crippen molar-refractivity contribution in [3.63, 3.8) is 0 Å². The third kappa shape index (κ3) is 5.60. The van der Waals surface area contributed by atoms with Crippen molar-refractivity contribution in [1.82, 2.24) is 10.3 Å². The zero-order valence-electron chi connectivity index (χ0n) is 17.7. The topological polar surface area (TPSA) is 60.5 Å². The van der Waals surface area contributed by atoms with Crippen LogP contribution in [0, 0.1) is 5.92 Å². The molecule has 1 atom stereocenters. The first-order valence-electron chi connectivity index (χ1n) is 10.2. The van der Waals surface area contributed by atoms with Crippen LogP contribution in [-0.2, 0) is 0 Å². The van der Waals surface area contributed by atoms with Crippen LogP contribution in [0.15, 0.2) is 72.9 Å². The molecule has 0 saturated heterocycles. The van der Waals surface area contributed by atoms with Crippen molar-refractivity contribution in [3.05, 3.63) is 89.7 Å². The van der Waals surface area contributed by atoms with Gasteiger partial charge in [-0.05, 0) is 48.2 Å². The van der Waals surface area contributed by atoms with Crippen molar-refractivity contribution >= 4 is 5.91 Å². The molecule has 0 aliphatic carbocycles. The maximum Gasteiger partial charge on any atom is 0.252 e. The Hall–Kier alpha value is -3.34. The molecule has 1 N–H and O–H groups in total. The van der Waals surface area contributed by atoms with Crippen LogP contribution in [0.3, 0.4) is 0 Å². The van der Waals surface area contributed by atoms with Crippen molar-refractivity contribution in [1.29, 1.82) is 0 Å². The highest BCUT2D eigenvalue weighted by Gasteiger charge is 2.20. The monoisotopic (exact) mass is 404 g/mol. The summed E-state index contributed by atoms with van der Waals surface area (Å²) in [5, 5.41) is 3.10. The van der Waals surface area contributed by atoms with E-state index in [0.29, 0.717) is 29.6 Å². The molecule has 0 spiro atoms. The van der Waals surface area contributed by atoms with Crippen molar-refractivity contribution in [2.24, 2.45) is 5.92 Å². The number of aromatic nitrogens is 1. The van der Waals surface area contributed by atoms with E-state index >= 15 is 0 Å². The van der Waals surface area contributed by atoms with Crippen LogP contribution in [0.1, 0.15) is 47.9 Å². The van der Waals surface area contributed by atoms with E-state index in [1.165, 1.54) is 0 Å². The molecule has 5 nitrogen and oxygen atoms in total. The molecule has 1 aromatic heterocycles. The largest absolute Gasteiger partial charge is 0.493 e. The number of carbonyl (C=O) groups excluding carboxylic acids is 1. The highest BCUT2D eigenvalue weighted by atomic mass is 16.5. The lowest BCUT2D eigenvalue weighted by Gasteiger charge is -2.19. The molecular weight excluding hydrogens is 376 g/mol. The number of amides is 1. The van der Waals surface area contributed by atoms with E-state index in [2.05, 4.69) is 24.1 Å². The van der Waals surface area contributed by atoms with E-state index < -0.39 is 0 Å². The Labute approximate surface area is 178 Å². The van der Waals surface area contributed by atoms with Gasteiger partial charge in [0.15, 0.2) is 11.5 Å². The number of benzene rings is 2. The molecule has 1 heterocycles. The van der Waals surface area contributed by atoms with Gasteiger partial charge in [-0.1, -0.05) is 50.2 Å². The summed E-state index contributed by atoms with van der Waals surface area (Å²) in [5.41, 5.74) is 2.24. The van der Waals surface area contributed by atoms with Crippen LogP contribution in [-0.4, -0.2) is 24.6 Å². The molecule has 0 aliphatic heterocycles. The minimum absolute atomic E-state index is 0.207. The van der Waals surface area contributed by atoms with E-state index in [1.807, 2.05) is 48.5 Å². The number of pyridine rings is 1. The van der Waals surface area contributed by atoms with Gasteiger partial charge in [0.25, 0.3) is 5.91 Å². The number of hydrogen-bond donors (Lipinski definition) is 1. The Kier molecular flexibility index (Phi) is 7.44. The average Bonchev–Trinajstić information content (AvgIpc) is 2.78. The smallest absolute Gasteiger partial charge is 0.252 e. The van der Waals surface area contributed by atoms with Crippen molar-refractivity contribution in [2.75, 3.05) is 13.7 Å². The predicted molar refractivity (Wildman–Crippen MR) is 118 cm³/mol. The Morgan fingerprint density at radius 3 is 2.43 bits per heavy atom. The van der Waals surface area contributed by atoms with Crippen LogP contribution < -0.4 is 14.8 Å². The molecule has 5 heteroatoms. The van der Waals surface area contributed by atoms with Crippen molar-refractivity contribution in [2.45, 2.75) is 26.3 Å². The Morgan fingerprint density at radius 2 is 1.77 bits per heavy atom. The Morgan fingerprint density at radius 1 is 1.00 bits per heavy atom. The SMILES string of the molecule is COc1cc(C(=O)NC(c2ccccc2)c2ccccn2)ccc1OCCC(C)C. The van der Waals surface area contributed by atoms with E-state index in [4.69, 9.17) is 9.47 Å². The lowest BCUT2D eigenvalue weighted by Crippen LogP contribution is -2.29. The first-order valence-corrected chi connectivity index (χ1v) is 10.2. The number of hydrogen-bond acceptors (Lipinski definition) is 4. The van der Waals surface area contributed by atoms with E-state index in [-0.39, 0.29) is 11.9 Å². The van der Waals surface area contributed by atoms with E-state index in [1.54, 1.807) is 31.5 Å². The number of methoxy groups -OCH3 is 1. The highest BCUT2D eigenvalue weighted by Crippen LogP contribution is 2.29. The number of nitrogens with zero attached hydrogens (tertiary/aromatic N) is 1. The lowest BCUT2D eigenvalue weighted by molar-refractivity contribution is 0.0942. The molecule has 2 aromatic carbocycles. The summed E-state index contributed by atoms with van der Waals surface area (Å²) in [6.07, 6.45) is 2.68. The summed E-state index contributed by atoms with van der Waals surface area (Å²) >= 11 is 0. The first kappa shape index (κ1) is 21.4. The van der Waals surface area contributed by atoms with Gasteiger partial charge in [0, 0.05) is 11.8 Å². The fraction of sp³-hybridized carbons (Fsp3) is 0.280. The van der Waals surface area contributed by atoms with E-state index in [0.717, 1.165) is 17.7 Å². The standard InChI is InChI=1S/C25H28N2O3/c1-18(2)14-16-30-22-13-12-20(17-23(22)29-3)25(28)27-24(19-9-5-4-6-10-19)21-11-7-8-15-26-21/h4-13,15,17-18,24H,14,16H2,1-3H3,(H,27,28). The van der Waals surface area contributed by atoms with Gasteiger partial charge in [0.2, 0.25) is 0 Å². The predicted octanol–water partition coefficient (Wildman–Crippen LogP) is 5.03. The van der Waals surface area contributed by atoms with Crippen molar-refractivity contribution in [3.8, 4) is 11.5 Å². The second kappa shape index (κ2) is 10.4. The van der Waals surface area contributed by atoms with Gasteiger partial charge in [-0.2, -0.15) is 0 Å². The summed E-state index contributed by atoms with van der Waals surface area (Å²) < 4.78 is 11.3. The summed E-state index contributed by atoms with van der Waals surface area (Å²) in [6, 6.07) is 20.4. The summed E-state index contributed by atoms with van der Waals surface area (Å²) in [5.74, 6) is 1.53. The number of carbonyl (C=O) groups is 1. The second-order valence-electron chi connectivity index (χ2n) is 7.47. The first-order chi connectivity index (χ1) is 14.6. The Balaban J connectivity index is 1.80. The van der Waals surface area contributed by atoms with Gasteiger partial charge in [-0.25, -0.2) is 0 Å². The molecule has 156 valence electrons. The molecule has 0 radical (unpaired) electrons. The molecule has 1 unspecified atom stereocenters. The van der Waals surface area contributed by atoms with Crippen LogP contribution >= 0.6 is 0 Å². The fourth-order valence-electron chi connectivity index (χ4n) is 3.07. The molecule has 30 heavy (non-hydrogen) atoms. The molecule has 0 aliphatic rings. The molecule has 1 amide bonds. The van der Waals surface area contributed by atoms with Gasteiger partial charge in [-0.15, -0.1) is 0 Å². The summed E-state index contributed by atoms with van der Waals surface area (Å²) in [7, 11) is 1.58. The zero-order valence-corrected chi connectivity index (χ0v) is 17.7. The average molecular weight is 405 g/mol. The minimum Gasteiger partial charge on any atom is -0.493 e.